The summed E-state index contributed by atoms with van der Waals surface area (Å²) in [5.41, 5.74) is 7.82. The van der Waals surface area contributed by atoms with Crippen LogP contribution in [0.5, 0.6) is 5.75 Å². The molecule has 0 spiro atoms. The van der Waals surface area contributed by atoms with Crippen molar-refractivity contribution in [1.82, 2.24) is 0 Å². The minimum Gasteiger partial charge on any atom is -0.495 e. The Morgan fingerprint density at radius 2 is 1.96 bits per heavy atom. The molecule has 0 saturated heterocycles. The zero-order valence-corrected chi connectivity index (χ0v) is 12.8. The van der Waals surface area contributed by atoms with Crippen molar-refractivity contribution >= 4 is 11.8 Å². The Labute approximate surface area is 134 Å². The maximum Gasteiger partial charge on any atom is 0.142 e. The number of rotatable bonds is 3. The van der Waals surface area contributed by atoms with E-state index >= 15 is 0 Å². The second-order valence-corrected chi connectivity index (χ2v) is 4.79. The van der Waals surface area contributed by atoms with Gasteiger partial charge < -0.3 is 15.2 Å². The summed E-state index contributed by atoms with van der Waals surface area (Å²) in [5, 5.41) is 17.9. The summed E-state index contributed by atoms with van der Waals surface area (Å²) in [7, 11) is 1.56. The molecule has 0 unspecified atom stereocenters. The first kappa shape index (κ1) is 15.9. The highest BCUT2D eigenvalue weighted by Crippen LogP contribution is 2.25. The van der Waals surface area contributed by atoms with Crippen LogP contribution in [0.25, 0.3) is 6.08 Å². The fourth-order valence-corrected chi connectivity index (χ4v) is 2.05. The Balaban J connectivity index is 2.31. The Hall–Kier alpha value is -3.44. The monoisotopic (exact) mass is 305 g/mol. The van der Waals surface area contributed by atoms with Crippen LogP contribution >= 0.6 is 0 Å². The molecule has 114 valence electrons. The molecule has 0 saturated carbocycles. The molecule has 1 aromatic rings. The van der Waals surface area contributed by atoms with E-state index in [0.29, 0.717) is 28.5 Å². The molecule has 0 aromatic heterocycles. The van der Waals surface area contributed by atoms with Gasteiger partial charge >= 0.3 is 0 Å². The number of nitrogens with two attached hydrogens (primary N) is 1. The maximum absolute atomic E-state index is 8.97. The highest BCUT2D eigenvalue weighted by Gasteiger charge is 2.10. The third-order valence-electron chi connectivity index (χ3n) is 3.15. The van der Waals surface area contributed by atoms with Crippen LogP contribution < -0.4 is 10.5 Å². The fraction of sp³-hybridized carbons (Fsp3) is 0.111. The van der Waals surface area contributed by atoms with E-state index in [9.17, 15) is 0 Å². The number of ether oxygens (including phenoxy) is 2. The number of hydrogen-bond acceptors (Lipinski definition) is 5. The molecular weight excluding hydrogens is 290 g/mol. The van der Waals surface area contributed by atoms with Crippen LogP contribution in [0, 0.1) is 22.7 Å². The lowest BCUT2D eigenvalue weighted by Gasteiger charge is -2.13. The molecule has 5 nitrogen and oxygen atoms in total. The molecule has 2 rings (SSSR count). The lowest BCUT2D eigenvalue weighted by molar-refractivity contribution is 0.318. The van der Waals surface area contributed by atoms with Crippen molar-refractivity contribution in [3.05, 3.63) is 64.7 Å². The molecule has 0 aliphatic carbocycles. The molecular formula is C18H15N3O2. The van der Waals surface area contributed by atoms with Gasteiger partial charge in [-0.15, -0.1) is 0 Å². The average molecular weight is 305 g/mol. The minimum absolute atomic E-state index is 0.0488. The van der Waals surface area contributed by atoms with Gasteiger partial charge in [-0.2, -0.15) is 10.5 Å². The van der Waals surface area contributed by atoms with Gasteiger partial charge in [0.25, 0.3) is 0 Å². The molecule has 5 heteroatoms. The highest BCUT2D eigenvalue weighted by atomic mass is 16.5. The molecule has 0 radical (unpaired) electrons. The summed E-state index contributed by atoms with van der Waals surface area (Å²) in [6, 6.07) is 9.18. The number of nitrogens with zero attached hydrogens (tertiary/aromatic N) is 2. The van der Waals surface area contributed by atoms with E-state index in [1.165, 1.54) is 0 Å². The zero-order chi connectivity index (χ0) is 16.8. The van der Waals surface area contributed by atoms with Gasteiger partial charge in [-0.05, 0) is 42.8 Å². The van der Waals surface area contributed by atoms with Crippen molar-refractivity contribution in [2.45, 2.75) is 6.92 Å². The van der Waals surface area contributed by atoms with Gasteiger partial charge in [0, 0.05) is 5.57 Å². The topological polar surface area (TPSA) is 92.1 Å². The predicted molar refractivity (Wildman–Crippen MR) is 87.6 cm³/mol. The molecule has 0 fully saturated rings. The van der Waals surface area contributed by atoms with E-state index < -0.39 is 0 Å². The van der Waals surface area contributed by atoms with E-state index in [0.717, 1.165) is 5.56 Å². The number of methoxy groups -OCH3 is 1. The zero-order valence-electron chi connectivity index (χ0n) is 12.8. The van der Waals surface area contributed by atoms with Crippen molar-refractivity contribution in [2.75, 3.05) is 12.8 Å². The first-order valence-corrected chi connectivity index (χ1v) is 6.81. The van der Waals surface area contributed by atoms with Gasteiger partial charge in [-0.3, -0.25) is 0 Å². The van der Waals surface area contributed by atoms with Crippen LogP contribution in [0.2, 0.25) is 0 Å². The number of hydrogen-bond donors (Lipinski definition) is 1. The Morgan fingerprint density at radius 3 is 2.61 bits per heavy atom. The minimum atomic E-state index is 0.0488. The summed E-state index contributed by atoms with van der Waals surface area (Å²) < 4.78 is 10.8. The number of benzene rings is 1. The standard InChI is InChI=1S/C18H15N3O2/c1-12-7-14(15(10-19)11-20)9-16(23-12)5-3-13-4-6-17(21)18(8-13)22-2/h3-9H,21H2,1-2H3. The van der Waals surface area contributed by atoms with Crippen molar-refractivity contribution in [1.29, 1.82) is 10.5 Å². The van der Waals surface area contributed by atoms with E-state index in [1.54, 1.807) is 38.3 Å². The van der Waals surface area contributed by atoms with Crippen molar-refractivity contribution in [3.8, 4) is 17.9 Å². The fourth-order valence-electron chi connectivity index (χ4n) is 2.05. The largest absolute Gasteiger partial charge is 0.495 e. The third-order valence-corrected chi connectivity index (χ3v) is 3.15. The lowest BCUT2D eigenvalue weighted by Crippen LogP contribution is -1.97. The van der Waals surface area contributed by atoms with Crippen LogP contribution in [-0.4, -0.2) is 7.11 Å². The first-order valence-electron chi connectivity index (χ1n) is 6.81. The van der Waals surface area contributed by atoms with E-state index in [-0.39, 0.29) is 5.57 Å². The second-order valence-electron chi connectivity index (χ2n) is 4.79. The summed E-state index contributed by atoms with van der Waals surface area (Å²) in [6.45, 7) is 1.76. The number of nitrogen functional groups attached to an aromatic ring is 1. The van der Waals surface area contributed by atoms with Crippen LogP contribution in [0.1, 0.15) is 12.5 Å². The Morgan fingerprint density at radius 1 is 1.22 bits per heavy atom. The van der Waals surface area contributed by atoms with Gasteiger partial charge in [-0.1, -0.05) is 12.1 Å². The number of anilines is 1. The lowest BCUT2D eigenvalue weighted by atomic mass is 10.1. The van der Waals surface area contributed by atoms with Crippen LogP contribution in [0.3, 0.4) is 0 Å². The van der Waals surface area contributed by atoms with Crippen molar-refractivity contribution in [3.63, 3.8) is 0 Å². The molecule has 0 atom stereocenters. The van der Waals surface area contributed by atoms with Crippen molar-refractivity contribution in [2.24, 2.45) is 0 Å². The van der Waals surface area contributed by atoms with Crippen LogP contribution in [0.4, 0.5) is 5.69 Å². The van der Waals surface area contributed by atoms with E-state index in [4.69, 9.17) is 25.7 Å². The van der Waals surface area contributed by atoms with E-state index in [1.807, 2.05) is 30.3 Å². The van der Waals surface area contributed by atoms with Gasteiger partial charge in [0.15, 0.2) is 0 Å². The molecule has 1 heterocycles. The SMILES string of the molecule is COc1cc(C=CC2=CC(=C(C#N)C#N)C=C(C)O2)ccc1N. The Bertz CT molecular complexity index is 815. The molecule has 0 bridgehead atoms. The van der Waals surface area contributed by atoms with Gasteiger partial charge in [0.1, 0.15) is 35.0 Å². The van der Waals surface area contributed by atoms with Crippen LogP contribution in [-0.2, 0) is 4.74 Å². The maximum atomic E-state index is 8.97. The smallest absolute Gasteiger partial charge is 0.142 e. The molecule has 23 heavy (non-hydrogen) atoms. The summed E-state index contributed by atoms with van der Waals surface area (Å²) in [6.07, 6.45) is 6.90. The second kappa shape index (κ2) is 7.02. The Kier molecular flexibility index (Phi) is 4.86. The van der Waals surface area contributed by atoms with Crippen molar-refractivity contribution < 1.29 is 9.47 Å². The molecule has 1 aliphatic heterocycles. The van der Waals surface area contributed by atoms with Gasteiger partial charge in [-0.25, -0.2) is 0 Å². The van der Waals surface area contributed by atoms with E-state index in [2.05, 4.69) is 0 Å². The summed E-state index contributed by atoms with van der Waals surface area (Å²) in [5.74, 6) is 1.75. The molecule has 0 amide bonds. The number of nitriles is 2. The molecule has 2 N–H and O–H groups in total. The first-order chi connectivity index (χ1) is 11.1. The predicted octanol–water partition coefficient (Wildman–Crippen LogP) is 3.45. The quantitative estimate of drug-likeness (QED) is 0.682. The van der Waals surface area contributed by atoms with Gasteiger partial charge in [0.05, 0.1) is 12.8 Å². The van der Waals surface area contributed by atoms with Gasteiger partial charge in [0.2, 0.25) is 0 Å². The summed E-state index contributed by atoms with van der Waals surface area (Å²) >= 11 is 0. The average Bonchev–Trinajstić information content (AvgIpc) is 2.55. The normalized spacial score (nSPS) is 13.5. The third kappa shape index (κ3) is 3.81. The molecule has 1 aromatic carbocycles. The van der Waals surface area contributed by atoms with Crippen LogP contribution in [0.15, 0.2) is 59.1 Å². The summed E-state index contributed by atoms with van der Waals surface area (Å²) in [4.78, 5) is 0. The highest BCUT2D eigenvalue weighted by molar-refractivity contribution is 5.63. The molecule has 1 aliphatic rings. The number of allylic oxidation sites excluding steroid dienone is 6.